The van der Waals surface area contributed by atoms with E-state index in [0.29, 0.717) is 6.42 Å². The molecule has 0 saturated carbocycles. The molecule has 6 heteroatoms. The first kappa shape index (κ1) is 11.1. The summed E-state index contributed by atoms with van der Waals surface area (Å²) < 4.78 is 22.3. The van der Waals surface area contributed by atoms with Crippen molar-refractivity contribution in [3.05, 3.63) is 23.8 Å². The zero-order valence-electron chi connectivity index (χ0n) is 8.14. The number of aromatic nitrogens is 2. The van der Waals surface area contributed by atoms with Gasteiger partial charge in [0, 0.05) is 12.4 Å². The van der Waals surface area contributed by atoms with Gasteiger partial charge in [0.05, 0.1) is 0 Å². The Bertz CT molecular complexity index is 399. The predicted octanol–water partition coefficient (Wildman–Crippen LogP) is 0.525. The lowest BCUT2D eigenvalue weighted by Crippen LogP contribution is -2.22. The van der Waals surface area contributed by atoms with Crippen molar-refractivity contribution in [1.82, 2.24) is 9.97 Å². The van der Waals surface area contributed by atoms with Crippen molar-refractivity contribution in [2.45, 2.75) is 25.5 Å². The van der Waals surface area contributed by atoms with Gasteiger partial charge in [0.15, 0.2) is 0 Å². The van der Waals surface area contributed by atoms with Crippen LogP contribution in [0.5, 0.6) is 0 Å². The van der Waals surface area contributed by atoms with Crippen molar-refractivity contribution in [2.75, 3.05) is 0 Å². The van der Waals surface area contributed by atoms with Crippen molar-refractivity contribution >= 4 is 10.0 Å². The summed E-state index contributed by atoms with van der Waals surface area (Å²) in [6, 6.07) is 0. The van der Waals surface area contributed by atoms with Crippen LogP contribution in [0.25, 0.3) is 0 Å². The molecule has 1 aromatic heterocycles. The quantitative estimate of drug-likeness (QED) is 0.796. The molecule has 0 radical (unpaired) electrons. The van der Waals surface area contributed by atoms with Gasteiger partial charge in [0.2, 0.25) is 10.0 Å². The highest BCUT2D eigenvalue weighted by molar-refractivity contribution is 7.89. The van der Waals surface area contributed by atoms with Gasteiger partial charge >= 0.3 is 0 Å². The maximum absolute atomic E-state index is 11.1. The molecule has 1 rings (SSSR count). The number of hydrogen-bond acceptors (Lipinski definition) is 4. The summed E-state index contributed by atoms with van der Waals surface area (Å²) in [5, 5.41) is 4.25. The van der Waals surface area contributed by atoms with Crippen LogP contribution in [0.3, 0.4) is 0 Å². The summed E-state index contributed by atoms with van der Waals surface area (Å²) in [7, 11) is -3.61. The van der Waals surface area contributed by atoms with Gasteiger partial charge < -0.3 is 0 Å². The topological polar surface area (TPSA) is 85.9 Å². The number of sulfonamides is 1. The largest absolute Gasteiger partial charge is 0.240 e. The Labute approximate surface area is 83.4 Å². The Morgan fingerprint density at radius 3 is 2.29 bits per heavy atom. The smallest absolute Gasteiger partial charge is 0.219 e. The molecule has 1 atom stereocenters. The molecule has 1 heterocycles. The molecular weight excluding hydrogens is 202 g/mol. The number of aryl methyl sites for hydroxylation is 1. The zero-order valence-corrected chi connectivity index (χ0v) is 8.95. The first-order valence-corrected chi connectivity index (χ1v) is 5.86. The number of nitrogens with two attached hydrogens (primary N) is 1. The molecule has 78 valence electrons. The van der Waals surface area contributed by atoms with E-state index in [1.54, 1.807) is 19.3 Å². The fourth-order valence-corrected chi connectivity index (χ4v) is 2.01. The van der Waals surface area contributed by atoms with Gasteiger partial charge in [-0.15, -0.1) is 0 Å². The fraction of sp³-hybridized carbons (Fsp3) is 0.500. The lowest BCUT2D eigenvalue weighted by atomic mass is 10.3. The fourth-order valence-electron chi connectivity index (χ4n) is 1.13. The molecule has 14 heavy (non-hydrogen) atoms. The summed E-state index contributed by atoms with van der Waals surface area (Å²) in [6.45, 7) is 3.57. The summed E-state index contributed by atoms with van der Waals surface area (Å²) in [4.78, 5) is 7.89. The minimum atomic E-state index is -3.61. The Kier molecular flexibility index (Phi) is 3.17. The van der Waals surface area contributed by atoms with Crippen LogP contribution < -0.4 is 5.14 Å². The molecule has 5 nitrogen and oxygen atoms in total. The second kappa shape index (κ2) is 4.02. The monoisotopic (exact) mass is 215 g/mol. The van der Waals surface area contributed by atoms with Crippen LogP contribution in [0, 0.1) is 6.92 Å². The molecule has 0 spiro atoms. The van der Waals surface area contributed by atoms with Gasteiger partial charge in [0.1, 0.15) is 11.1 Å². The van der Waals surface area contributed by atoms with E-state index in [1.165, 1.54) is 0 Å². The molecule has 2 N–H and O–H groups in total. The molecular formula is C8H13N3O2S. The maximum atomic E-state index is 11.1. The van der Waals surface area contributed by atoms with Crippen molar-refractivity contribution in [3.8, 4) is 0 Å². The van der Waals surface area contributed by atoms with E-state index in [0.717, 1.165) is 5.56 Å². The second-order valence-electron chi connectivity index (χ2n) is 3.10. The van der Waals surface area contributed by atoms with E-state index in [4.69, 9.17) is 5.14 Å². The Hall–Kier alpha value is -1.01. The van der Waals surface area contributed by atoms with Crippen LogP contribution >= 0.6 is 0 Å². The van der Waals surface area contributed by atoms with E-state index >= 15 is 0 Å². The maximum Gasteiger partial charge on any atom is 0.219 e. The highest BCUT2D eigenvalue weighted by Gasteiger charge is 2.23. The molecule has 0 bridgehead atoms. The van der Waals surface area contributed by atoms with Gasteiger partial charge in [-0.2, -0.15) is 0 Å². The Balaban J connectivity index is 3.08. The molecule has 0 aliphatic rings. The second-order valence-corrected chi connectivity index (χ2v) is 4.85. The van der Waals surface area contributed by atoms with Crippen molar-refractivity contribution in [3.63, 3.8) is 0 Å². The van der Waals surface area contributed by atoms with Crippen LogP contribution in [-0.2, 0) is 10.0 Å². The number of hydrogen-bond donors (Lipinski definition) is 1. The van der Waals surface area contributed by atoms with Crippen LogP contribution in [0.1, 0.15) is 30.0 Å². The predicted molar refractivity (Wildman–Crippen MR) is 52.9 cm³/mol. The molecule has 0 aromatic carbocycles. The summed E-state index contributed by atoms with van der Waals surface area (Å²) >= 11 is 0. The van der Waals surface area contributed by atoms with Gasteiger partial charge in [0.25, 0.3) is 0 Å². The standard InChI is InChI=1S/C8H13N3O2S/c1-3-7(14(9,12)13)8-10-4-6(2)5-11-8/h4-5,7H,3H2,1-2H3,(H2,9,12,13). The molecule has 0 fully saturated rings. The lowest BCUT2D eigenvalue weighted by molar-refractivity contribution is 0.576. The Morgan fingerprint density at radius 1 is 1.43 bits per heavy atom. The Morgan fingerprint density at radius 2 is 1.93 bits per heavy atom. The molecule has 1 unspecified atom stereocenters. The molecule has 1 aromatic rings. The average molecular weight is 215 g/mol. The van der Waals surface area contributed by atoms with Crippen LogP contribution in [-0.4, -0.2) is 18.4 Å². The third kappa shape index (κ3) is 2.49. The van der Waals surface area contributed by atoms with Crippen LogP contribution in [0.4, 0.5) is 0 Å². The molecule has 0 aliphatic heterocycles. The van der Waals surface area contributed by atoms with E-state index in [1.807, 2.05) is 6.92 Å². The van der Waals surface area contributed by atoms with E-state index in [-0.39, 0.29) is 5.82 Å². The van der Waals surface area contributed by atoms with Gasteiger partial charge in [-0.25, -0.2) is 23.5 Å². The van der Waals surface area contributed by atoms with E-state index in [2.05, 4.69) is 9.97 Å². The summed E-state index contributed by atoms with van der Waals surface area (Å²) in [5.41, 5.74) is 0.887. The highest BCUT2D eigenvalue weighted by Crippen LogP contribution is 2.19. The van der Waals surface area contributed by atoms with Crippen molar-refractivity contribution in [2.24, 2.45) is 5.14 Å². The summed E-state index contributed by atoms with van der Waals surface area (Å²) in [5.74, 6) is 0.264. The third-order valence-electron chi connectivity index (χ3n) is 1.86. The molecule has 0 aliphatic carbocycles. The van der Waals surface area contributed by atoms with Gasteiger partial charge in [-0.1, -0.05) is 6.92 Å². The van der Waals surface area contributed by atoms with Gasteiger partial charge in [-0.3, -0.25) is 0 Å². The van der Waals surface area contributed by atoms with Crippen molar-refractivity contribution in [1.29, 1.82) is 0 Å². The van der Waals surface area contributed by atoms with Gasteiger partial charge in [-0.05, 0) is 18.9 Å². The number of nitrogens with zero attached hydrogens (tertiary/aromatic N) is 2. The first-order valence-electron chi connectivity index (χ1n) is 4.25. The third-order valence-corrected chi connectivity index (χ3v) is 3.19. The average Bonchev–Trinajstić information content (AvgIpc) is 2.07. The number of rotatable bonds is 3. The molecule has 0 saturated heterocycles. The SMILES string of the molecule is CCC(c1ncc(C)cn1)S(N)(=O)=O. The summed E-state index contributed by atoms with van der Waals surface area (Å²) in [6.07, 6.45) is 3.54. The minimum Gasteiger partial charge on any atom is -0.240 e. The number of primary sulfonamides is 1. The normalized spacial score (nSPS) is 13.9. The van der Waals surface area contributed by atoms with Crippen LogP contribution in [0.15, 0.2) is 12.4 Å². The van der Waals surface area contributed by atoms with E-state index in [9.17, 15) is 8.42 Å². The highest BCUT2D eigenvalue weighted by atomic mass is 32.2. The zero-order chi connectivity index (χ0) is 10.8. The van der Waals surface area contributed by atoms with Crippen molar-refractivity contribution < 1.29 is 8.42 Å². The lowest BCUT2D eigenvalue weighted by Gasteiger charge is -2.10. The van der Waals surface area contributed by atoms with E-state index < -0.39 is 15.3 Å². The molecule has 0 amide bonds. The van der Waals surface area contributed by atoms with Crippen LogP contribution in [0.2, 0.25) is 0 Å². The minimum absolute atomic E-state index is 0.264. The first-order chi connectivity index (χ1) is 6.45.